The summed E-state index contributed by atoms with van der Waals surface area (Å²) >= 11 is 0. The third-order valence-corrected chi connectivity index (χ3v) is 3.86. The molecule has 0 spiro atoms. The van der Waals surface area contributed by atoms with Gasteiger partial charge in [-0.15, -0.1) is 0 Å². The van der Waals surface area contributed by atoms with E-state index in [1.165, 1.54) is 11.1 Å². The van der Waals surface area contributed by atoms with E-state index in [1.54, 1.807) is 14.2 Å². The van der Waals surface area contributed by atoms with E-state index in [-0.39, 0.29) is 0 Å². The van der Waals surface area contributed by atoms with Crippen molar-refractivity contribution >= 4 is 5.96 Å². The van der Waals surface area contributed by atoms with Gasteiger partial charge in [-0.05, 0) is 31.1 Å². The number of rotatable bonds is 12. The van der Waals surface area contributed by atoms with Gasteiger partial charge in [0.2, 0.25) is 0 Å². The lowest BCUT2D eigenvalue weighted by atomic mass is 10.1. The molecule has 0 amide bonds. The molecule has 25 heavy (non-hydrogen) atoms. The molecule has 0 saturated carbocycles. The van der Waals surface area contributed by atoms with Crippen LogP contribution >= 0.6 is 0 Å². The highest BCUT2D eigenvalue weighted by atomic mass is 16.5. The van der Waals surface area contributed by atoms with E-state index in [4.69, 9.17) is 9.47 Å². The number of nitrogens with zero attached hydrogens (tertiary/aromatic N) is 2. The van der Waals surface area contributed by atoms with Crippen LogP contribution in [0.2, 0.25) is 0 Å². The Hall–Kier alpha value is -1.63. The number of guanidine groups is 1. The summed E-state index contributed by atoms with van der Waals surface area (Å²) in [7, 11) is 5.60. The van der Waals surface area contributed by atoms with Crippen LogP contribution in [0.15, 0.2) is 29.3 Å². The maximum atomic E-state index is 5.44. The highest BCUT2D eigenvalue weighted by Gasteiger charge is 2.01. The molecule has 0 aliphatic heterocycles. The first-order chi connectivity index (χ1) is 12.2. The molecule has 0 unspecified atom stereocenters. The predicted octanol–water partition coefficient (Wildman–Crippen LogP) is 1.86. The molecule has 0 aliphatic carbocycles. The molecule has 0 heterocycles. The number of benzene rings is 1. The molecule has 0 atom stereocenters. The van der Waals surface area contributed by atoms with Crippen LogP contribution in [0.5, 0.6) is 0 Å². The Morgan fingerprint density at radius 1 is 1.16 bits per heavy atom. The van der Waals surface area contributed by atoms with Gasteiger partial charge in [-0.3, -0.25) is 4.99 Å². The van der Waals surface area contributed by atoms with E-state index in [9.17, 15) is 0 Å². The van der Waals surface area contributed by atoms with Gasteiger partial charge >= 0.3 is 0 Å². The number of hydrogen-bond donors (Lipinski definition) is 2. The predicted molar refractivity (Wildman–Crippen MR) is 104 cm³/mol. The van der Waals surface area contributed by atoms with Gasteiger partial charge in [-0.25, -0.2) is 0 Å². The second kappa shape index (κ2) is 13.6. The van der Waals surface area contributed by atoms with Crippen molar-refractivity contribution in [1.29, 1.82) is 0 Å². The van der Waals surface area contributed by atoms with Gasteiger partial charge in [0.25, 0.3) is 0 Å². The van der Waals surface area contributed by atoms with E-state index in [2.05, 4.69) is 58.8 Å². The molecular weight excluding hydrogens is 316 g/mol. The minimum Gasteiger partial charge on any atom is -0.382 e. The van der Waals surface area contributed by atoms with E-state index >= 15 is 0 Å². The Kier molecular flexibility index (Phi) is 11.7. The summed E-state index contributed by atoms with van der Waals surface area (Å²) in [5, 5.41) is 6.66. The Bertz CT molecular complexity index is 494. The number of nitrogens with one attached hydrogen (secondary N) is 2. The van der Waals surface area contributed by atoms with Crippen molar-refractivity contribution in [2.45, 2.75) is 26.4 Å². The number of methoxy groups -OCH3 is 1. The Labute approximate surface area is 152 Å². The fourth-order valence-electron chi connectivity index (χ4n) is 2.29. The van der Waals surface area contributed by atoms with Crippen LogP contribution < -0.4 is 10.6 Å². The maximum Gasteiger partial charge on any atom is 0.191 e. The second-order valence-electron chi connectivity index (χ2n) is 5.96. The molecule has 1 aromatic rings. The average Bonchev–Trinajstić information content (AvgIpc) is 2.63. The lowest BCUT2D eigenvalue weighted by molar-refractivity contribution is 0.0698. The van der Waals surface area contributed by atoms with Crippen LogP contribution in [-0.4, -0.2) is 65.0 Å². The first kappa shape index (κ1) is 21.4. The summed E-state index contributed by atoms with van der Waals surface area (Å²) in [6.45, 7) is 7.79. The first-order valence-corrected chi connectivity index (χ1v) is 8.97. The van der Waals surface area contributed by atoms with E-state index in [1.807, 2.05) is 0 Å². The molecule has 0 bridgehead atoms. The summed E-state index contributed by atoms with van der Waals surface area (Å²) in [5.74, 6) is 0.813. The zero-order chi connectivity index (χ0) is 18.3. The zero-order valence-corrected chi connectivity index (χ0v) is 16.2. The highest BCUT2D eigenvalue weighted by Crippen LogP contribution is 2.07. The van der Waals surface area contributed by atoms with Crippen LogP contribution in [-0.2, 0) is 22.6 Å². The Balaban J connectivity index is 2.29. The van der Waals surface area contributed by atoms with Gasteiger partial charge < -0.3 is 25.0 Å². The topological polar surface area (TPSA) is 58.1 Å². The third-order valence-electron chi connectivity index (χ3n) is 3.86. The normalized spacial score (nSPS) is 11.8. The molecule has 1 rings (SSSR count). The maximum absolute atomic E-state index is 5.44. The van der Waals surface area contributed by atoms with Crippen molar-refractivity contribution in [1.82, 2.24) is 15.5 Å². The monoisotopic (exact) mass is 350 g/mol. The molecule has 0 saturated heterocycles. The molecule has 0 radical (unpaired) electrons. The lowest BCUT2D eigenvalue weighted by Crippen LogP contribution is -2.37. The molecule has 1 aromatic carbocycles. The smallest absolute Gasteiger partial charge is 0.191 e. The van der Waals surface area contributed by atoms with Crippen LogP contribution in [0.4, 0.5) is 0 Å². The molecule has 0 aliphatic rings. The van der Waals surface area contributed by atoms with E-state index < -0.39 is 0 Å². The van der Waals surface area contributed by atoms with Gasteiger partial charge in [-0.2, -0.15) is 0 Å². The summed E-state index contributed by atoms with van der Waals surface area (Å²) in [6.07, 6.45) is 0.934. The lowest BCUT2D eigenvalue weighted by Gasteiger charge is -2.15. The van der Waals surface area contributed by atoms with Crippen molar-refractivity contribution in [3.63, 3.8) is 0 Å². The highest BCUT2D eigenvalue weighted by molar-refractivity contribution is 5.79. The zero-order valence-electron chi connectivity index (χ0n) is 16.2. The van der Waals surface area contributed by atoms with Gasteiger partial charge in [0.1, 0.15) is 0 Å². The minimum absolute atomic E-state index is 0.643. The van der Waals surface area contributed by atoms with Gasteiger partial charge in [-0.1, -0.05) is 31.2 Å². The molecule has 6 heteroatoms. The van der Waals surface area contributed by atoms with Crippen molar-refractivity contribution in [3.05, 3.63) is 35.4 Å². The van der Waals surface area contributed by atoms with E-state index in [0.717, 1.165) is 45.2 Å². The molecular formula is C19H34N4O2. The number of hydrogen-bond acceptors (Lipinski definition) is 4. The summed E-state index contributed by atoms with van der Waals surface area (Å²) in [4.78, 5) is 6.55. The Morgan fingerprint density at radius 2 is 1.96 bits per heavy atom. The summed E-state index contributed by atoms with van der Waals surface area (Å²) in [5.41, 5.74) is 2.59. The van der Waals surface area contributed by atoms with Crippen molar-refractivity contribution in [2.24, 2.45) is 4.99 Å². The summed E-state index contributed by atoms with van der Waals surface area (Å²) < 4.78 is 10.4. The quantitative estimate of drug-likeness (QED) is 0.342. The minimum atomic E-state index is 0.643. The average molecular weight is 351 g/mol. The second-order valence-corrected chi connectivity index (χ2v) is 5.96. The van der Waals surface area contributed by atoms with Gasteiger partial charge in [0.05, 0.1) is 13.2 Å². The molecule has 0 aromatic heterocycles. The Morgan fingerprint density at radius 3 is 2.68 bits per heavy atom. The molecule has 142 valence electrons. The van der Waals surface area contributed by atoms with Crippen molar-refractivity contribution < 1.29 is 9.47 Å². The van der Waals surface area contributed by atoms with E-state index in [0.29, 0.717) is 13.2 Å². The molecule has 6 nitrogen and oxygen atoms in total. The van der Waals surface area contributed by atoms with Crippen LogP contribution in [0.25, 0.3) is 0 Å². The van der Waals surface area contributed by atoms with Crippen molar-refractivity contribution in [3.8, 4) is 0 Å². The first-order valence-electron chi connectivity index (χ1n) is 8.97. The fourth-order valence-corrected chi connectivity index (χ4v) is 2.29. The van der Waals surface area contributed by atoms with Gasteiger partial charge in [0, 0.05) is 40.4 Å². The van der Waals surface area contributed by atoms with Crippen LogP contribution in [0, 0.1) is 0 Å². The number of aliphatic imine (C=N–C) groups is 1. The largest absolute Gasteiger partial charge is 0.382 e. The number of ether oxygens (including phenoxy) is 2. The molecule has 2 N–H and O–H groups in total. The van der Waals surface area contributed by atoms with Gasteiger partial charge in [0.15, 0.2) is 5.96 Å². The van der Waals surface area contributed by atoms with Crippen LogP contribution in [0.1, 0.15) is 24.5 Å². The fraction of sp³-hybridized carbons (Fsp3) is 0.632. The van der Waals surface area contributed by atoms with Crippen molar-refractivity contribution in [2.75, 3.05) is 54.1 Å². The third kappa shape index (κ3) is 10.1. The SMILES string of the molecule is CCN(C)Cc1cccc(CNC(=NC)NCCCOCCOC)c1. The summed E-state index contributed by atoms with van der Waals surface area (Å²) in [6, 6.07) is 8.67. The standard InChI is InChI=1S/C19H34N4O2/c1-5-23(3)16-18-9-6-8-17(14-18)15-22-19(20-2)21-10-7-11-25-13-12-24-4/h6,8-9,14H,5,7,10-13,15-16H2,1-4H3,(H2,20,21,22). The molecule has 0 fully saturated rings. The van der Waals surface area contributed by atoms with Crippen LogP contribution in [0.3, 0.4) is 0 Å².